The van der Waals surface area contributed by atoms with E-state index in [1.165, 1.54) is 0 Å². The summed E-state index contributed by atoms with van der Waals surface area (Å²) in [6.07, 6.45) is 2.32. The largest absolute Gasteiger partial charge is 0.466 e. The van der Waals surface area contributed by atoms with Crippen molar-refractivity contribution in [2.24, 2.45) is 11.0 Å². The van der Waals surface area contributed by atoms with Gasteiger partial charge in [-0.2, -0.15) is 5.10 Å². The van der Waals surface area contributed by atoms with Crippen LogP contribution in [0.1, 0.15) is 43.4 Å². The van der Waals surface area contributed by atoms with Gasteiger partial charge in [0, 0.05) is 18.0 Å². The first-order chi connectivity index (χ1) is 15.5. The number of piperidine rings is 1. The van der Waals surface area contributed by atoms with Crippen LogP contribution in [0.15, 0.2) is 59.7 Å². The van der Waals surface area contributed by atoms with Gasteiger partial charge in [0.1, 0.15) is 0 Å². The number of benzene rings is 2. The summed E-state index contributed by atoms with van der Waals surface area (Å²) in [4.78, 5) is 27.6. The number of hydrogen-bond acceptors (Lipinski definition) is 5. The maximum atomic E-state index is 13.4. The van der Waals surface area contributed by atoms with Crippen LogP contribution in [0.25, 0.3) is 0 Å². The maximum absolute atomic E-state index is 13.4. The van der Waals surface area contributed by atoms with Crippen molar-refractivity contribution >= 4 is 29.2 Å². The van der Waals surface area contributed by atoms with Crippen molar-refractivity contribution < 1.29 is 14.3 Å². The molecule has 2 heterocycles. The van der Waals surface area contributed by atoms with Crippen molar-refractivity contribution in [2.75, 3.05) is 26.2 Å². The monoisotopic (exact) mass is 453 g/mol. The second-order valence-corrected chi connectivity index (χ2v) is 8.69. The number of halogens is 1. The number of carbonyl (C=O) groups excluding carboxylic acids is 2. The topological polar surface area (TPSA) is 62.2 Å². The van der Waals surface area contributed by atoms with E-state index in [2.05, 4.69) is 0 Å². The fraction of sp³-hybridized carbons (Fsp3) is 0.400. The number of carbonyl (C=O) groups is 2. The van der Waals surface area contributed by atoms with Crippen LogP contribution in [-0.4, -0.2) is 53.7 Å². The SMILES string of the molecule is CCOC(=O)[C@@H]1CCCN(CC(=O)N2N=C(c3ccccc3)C[C@H]2c2ccc(Cl)cc2)C1. The molecule has 0 unspecified atom stereocenters. The van der Waals surface area contributed by atoms with Crippen LogP contribution >= 0.6 is 11.6 Å². The average molecular weight is 454 g/mol. The summed E-state index contributed by atoms with van der Waals surface area (Å²) in [6, 6.07) is 17.4. The number of esters is 1. The highest BCUT2D eigenvalue weighted by molar-refractivity contribution is 6.30. The number of ether oxygens (including phenoxy) is 1. The molecule has 1 saturated heterocycles. The number of hydrazone groups is 1. The standard InChI is InChI=1S/C25H28ClN3O3/c1-2-32-25(31)20-9-6-14-28(16-20)17-24(30)29-23(19-10-12-21(26)13-11-19)15-22(27-29)18-7-4-3-5-8-18/h3-5,7-8,10-13,20,23H,2,6,9,14-17H2,1H3/t20-,23+/m1/s1. The predicted molar refractivity (Wildman–Crippen MR) is 124 cm³/mol. The van der Waals surface area contributed by atoms with Gasteiger partial charge in [-0.15, -0.1) is 0 Å². The van der Waals surface area contributed by atoms with Crippen LogP contribution in [-0.2, 0) is 14.3 Å². The molecule has 7 heteroatoms. The van der Waals surface area contributed by atoms with Gasteiger partial charge < -0.3 is 4.74 Å². The molecular weight excluding hydrogens is 426 g/mol. The van der Waals surface area contributed by atoms with E-state index < -0.39 is 0 Å². The molecule has 2 aromatic rings. The third-order valence-electron chi connectivity index (χ3n) is 6.01. The lowest BCUT2D eigenvalue weighted by Crippen LogP contribution is -2.44. The Morgan fingerprint density at radius 3 is 2.59 bits per heavy atom. The highest BCUT2D eigenvalue weighted by Gasteiger charge is 2.35. The van der Waals surface area contributed by atoms with Gasteiger partial charge in [0.05, 0.1) is 30.8 Å². The lowest BCUT2D eigenvalue weighted by Gasteiger charge is -2.32. The Morgan fingerprint density at radius 2 is 1.88 bits per heavy atom. The molecule has 2 aliphatic heterocycles. The molecule has 0 aromatic heterocycles. The Balaban J connectivity index is 1.52. The van der Waals surface area contributed by atoms with Gasteiger partial charge >= 0.3 is 5.97 Å². The second-order valence-electron chi connectivity index (χ2n) is 8.25. The van der Waals surface area contributed by atoms with Gasteiger partial charge in [0.25, 0.3) is 5.91 Å². The van der Waals surface area contributed by atoms with Crippen LogP contribution in [0.3, 0.4) is 0 Å². The van der Waals surface area contributed by atoms with Gasteiger partial charge in [0.2, 0.25) is 0 Å². The quantitative estimate of drug-likeness (QED) is 0.612. The molecule has 2 aliphatic rings. The smallest absolute Gasteiger partial charge is 0.310 e. The van der Waals surface area contributed by atoms with Crippen molar-refractivity contribution in [3.05, 3.63) is 70.7 Å². The molecule has 1 amide bonds. The Labute approximate surface area is 193 Å². The molecule has 2 aromatic carbocycles. The molecule has 168 valence electrons. The van der Waals surface area contributed by atoms with Gasteiger partial charge in [0.15, 0.2) is 0 Å². The van der Waals surface area contributed by atoms with Crippen LogP contribution < -0.4 is 0 Å². The molecule has 0 spiro atoms. The minimum Gasteiger partial charge on any atom is -0.466 e. The summed E-state index contributed by atoms with van der Waals surface area (Å²) in [7, 11) is 0. The first-order valence-corrected chi connectivity index (χ1v) is 11.5. The summed E-state index contributed by atoms with van der Waals surface area (Å²) in [5, 5.41) is 7.01. The van der Waals surface area contributed by atoms with Gasteiger partial charge in [-0.1, -0.05) is 54.1 Å². The van der Waals surface area contributed by atoms with Gasteiger partial charge in [-0.25, -0.2) is 5.01 Å². The van der Waals surface area contributed by atoms with Crippen molar-refractivity contribution in [1.29, 1.82) is 0 Å². The Hall–Kier alpha value is -2.70. The summed E-state index contributed by atoms with van der Waals surface area (Å²) in [5.74, 6) is -0.417. The van der Waals surface area contributed by atoms with E-state index in [0.29, 0.717) is 24.6 Å². The third kappa shape index (κ3) is 5.19. The molecule has 0 radical (unpaired) electrons. The number of amides is 1. The van der Waals surface area contributed by atoms with Crippen LogP contribution in [0, 0.1) is 5.92 Å². The Kier molecular flexibility index (Phi) is 7.22. The van der Waals surface area contributed by atoms with Gasteiger partial charge in [-0.05, 0) is 49.6 Å². The molecule has 32 heavy (non-hydrogen) atoms. The molecular formula is C25H28ClN3O3. The predicted octanol–water partition coefficient (Wildman–Crippen LogP) is 4.29. The molecule has 1 fully saturated rings. The lowest BCUT2D eigenvalue weighted by molar-refractivity contribution is -0.150. The molecule has 0 saturated carbocycles. The average Bonchev–Trinajstić information content (AvgIpc) is 3.26. The normalized spacial score (nSPS) is 21.3. The first-order valence-electron chi connectivity index (χ1n) is 11.1. The van der Waals surface area contributed by atoms with Crippen LogP contribution in [0.4, 0.5) is 0 Å². The summed E-state index contributed by atoms with van der Waals surface area (Å²) < 4.78 is 5.19. The number of hydrogen-bond donors (Lipinski definition) is 0. The number of nitrogens with zero attached hydrogens (tertiary/aromatic N) is 3. The second kappa shape index (κ2) is 10.3. The molecule has 6 nitrogen and oxygen atoms in total. The maximum Gasteiger partial charge on any atom is 0.310 e. The summed E-state index contributed by atoms with van der Waals surface area (Å²) in [5.41, 5.74) is 2.91. The Bertz CT molecular complexity index is 978. The summed E-state index contributed by atoms with van der Waals surface area (Å²) >= 11 is 6.08. The number of rotatable bonds is 6. The fourth-order valence-corrected chi connectivity index (χ4v) is 4.53. The number of likely N-dealkylation sites (tertiary alicyclic amines) is 1. The molecule has 2 atom stereocenters. The third-order valence-corrected chi connectivity index (χ3v) is 6.26. The van der Waals surface area contributed by atoms with Crippen molar-refractivity contribution in [1.82, 2.24) is 9.91 Å². The minimum absolute atomic E-state index is 0.0691. The molecule has 0 N–H and O–H groups in total. The van der Waals surface area contributed by atoms with Gasteiger partial charge in [-0.3, -0.25) is 14.5 Å². The zero-order valence-electron chi connectivity index (χ0n) is 18.2. The van der Waals surface area contributed by atoms with E-state index in [4.69, 9.17) is 21.4 Å². The lowest BCUT2D eigenvalue weighted by atomic mass is 9.97. The first kappa shape index (κ1) is 22.5. The van der Waals surface area contributed by atoms with E-state index in [9.17, 15) is 9.59 Å². The van der Waals surface area contributed by atoms with Crippen molar-refractivity contribution in [3.8, 4) is 0 Å². The fourth-order valence-electron chi connectivity index (χ4n) is 4.41. The van der Waals surface area contributed by atoms with E-state index in [-0.39, 0.29) is 30.4 Å². The van der Waals surface area contributed by atoms with Crippen LogP contribution in [0.5, 0.6) is 0 Å². The highest BCUT2D eigenvalue weighted by Crippen LogP contribution is 2.33. The van der Waals surface area contributed by atoms with E-state index in [1.54, 1.807) is 5.01 Å². The highest BCUT2D eigenvalue weighted by atomic mass is 35.5. The van der Waals surface area contributed by atoms with Crippen LogP contribution in [0.2, 0.25) is 5.02 Å². The molecule has 4 rings (SSSR count). The zero-order chi connectivity index (χ0) is 22.5. The zero-order valence-corrected chi connectivity index (χ0v) is 19.0. The summed E-state index contributed by atoms with van der Waals surface area (Å²) in [6.45, 7) is 3.75. The van der Waals surface area contributed by atoms with Crippen molar-refractivity contribution in [2.45, 2.75) is 32.2 Å². The van der Waals surface area contributed by atoms with E-state index in [1.807, 2.05) is 66.4 Å². The molecule has 0 aliphatic carbocycles. The minimum atomic E-state index is -0.180. The van der Waals surface area contributed by atoms with Crippen molar-refractivity contribution in [3.63, 3.8) is 0 Å². The van der Waals surface area contributed by atoms with E-state index in [0.717, 1.165) is 36.2 Å². The Morgan fingerprint density at radius 1 is 1.12 bits per heavy atom. The van der Waals surface area contributed by atoms with E-state index >= 15 is 0 Å². The molecule has 0 bridgehead atoms.